The molecular weight excluding hydrogens is 246 g/mol. The number of carboxylic acids is 1. The Kier molecular flexibility index (Phi) is 3.49. The predicted molar refractivity (Wildman–Crippen MR) is 69.8 cm³/mol. The minimum atomic E-state index is -0.701. The normalized spacial score (nSPS) is 30.9. The maximum Gasteiger partial charge on any atom is 0.410 e. The summed E-state index contributed by atoms with van der Waals surface area (Å²) in [6.07, 6.45) is 2.96. The Morgan fingerprint density at radius 2 is 2.00 bits per heavy atom. The molecule has 5 heteroatoms. The van der Waals surface area contributed by atoms with E-state index in [1.165, 1.54) is 0 Å². The molecule has 0 aromatic carbocycles. The molecule has 2 aliphatic rings. The first-order valence-corrected chi connectivity index (χ1v) is 6.92. The van der Waals surface area contributed by atoms with Crippen molar-refractivity contribution < 1.29 is 19.4 Å². The van der Waals surface area contributed by atoms with Crippen LogP contribution in [0.5, 0.6) is 0 Å². The number of ether oxygens (including phenoxy) is 1. The standard InChI is InChI=1S/C14H23NO4/c1-13(2,3)19-12(18)15-7-6-14(9-15)5-4-10(8-14)11(16)17/h10H,4-9H2,1-3H3,(H,16,17)/t10-,14-/m0/s1. The van der Waals surface area contributed by atoms with Crippen molar-refractivity contribution in [1.82, 2.24) is 4.90 Å². The van der Waals surface area contributed by atoms with Gasteiger partial charge >= 0.3 is 12.1 Å². The zero-order valence-electron chi connectivity index (χ0n) is 11.9. The predicted octanol–water partition coefficient (Wildman–Crippen LogP) is 2.50. The van der Waals surface area contributed by atoms with E-state index in [0.717, 1.165) is 19.3 Å². The van der Waals surface area contributed by atoms with Crippen LogP contribution in [0.15, 0.2) is 0 Å². The van der Waals surface area contributed by atoms with Crippen molar-refractivity contribution in [3.8, 4) is 0 Å². The van der Waals surface area contributed by atoms with Gasteiger partial charge in [0.2, 0.25) is 0 Å². The average molecular weight is 269 g/mol. The van der Waals surface area contributed by atoms with Crippen LogP contribution in [0, 0.1) is 11.3 Å². The fourth-order valence-corrected chi connectivity index (χ4v) is 3.21. The van der Waals surface area contributed by atoms with Crippen molar-refractivity contribution in [2.24, 2.45) is 11.3 Å². The van der Waals surface area contributed by atoms with Gasteiger partial charge in [0.1, 0.15) is 5.60 Å². The van der Waals surface area contributed by atoms with Crippen molar-refractivity contribution in [2.45, 2.75) is 52.1 Å². The number of carbonyl (C=O) groups excluding carboxylic acids is 1. The third kappa shape index (κ3) is 3.19. The second kappa shape index (κ2) is 4.69. The van der Waals surface area contributed by atoms with Gasteiger partial charge < -0.3 is 14.7 Å². The molecule has 0 bridgehead atoms. The van der Waals surface area contributed by atoms with Gasteiger partial charge in [-0.05, 0) is 51.9 Å². The number of carbonyl (C=O) groups is 2. The molecule has 0 aromatic heterocycles. The summed E-state index contributed by atoms with van der Waals surface area (Å²) >= 11 is 0. The van der Waals surface area contributed by atoms with Gasteiger partial charge in [-0.15, -0.1) is 0 Å². The van der Waals surface area contributed by atoms with Gasteiger partial charge in [0.15, 0.2) is 0 Å². The van der Waals surface area contributed by atoms with E-state index in [9.17, 15) is 9.59 Å². The van der Waals surface area contributed by atoms with Crippen LogP contribution < -0.4 is 0 Å². The van der Waals surface area contributed by atoms with Crippen LogP contribution in [0.3, 0.4) is 0 Å². The summed E-state index contributed by atoms with van der Waals surface area (Å²) in [4.78, 5) is 24.8. The lowest BCUT2D eigenvalue weighted by Gasteiger charge is -2.26. The van der Waals surface area contributed by atoms with Gasteiger partial charge in [-0.2, -0.15) is 0 Å². The van der Waals surface area contributed by atoms with E-state index < -0.39 is 11.6 Å². The molecule has 1 heterocycles. The summed E-state index contributed by atoms with van der Waals surface area (Å²) in [5.41, 5.74) is -0.466. The van der Waals surface area contributed by atoms with Gasteiger partial charge in [-0.3, -0.25) is 4.79 Å². The lowest BCUT2D eigenvalue weighted by molar-refractivity contribution is -0.141. The van der Waals surface area contributed by atoms with Gasteiger partial charge in [0.25, 0.3) is 0 Å². The summed E-state index contributed by atoms with van der Waals surface area (Å²) in [5, 5.41) is 9.08. The highest BCUT2D eigenvalue weighted by Crippen LogP contribution is 2.48. The molecule has 1 amide bonds. The van der Waals surface area contributed by atoms with E-state index in [-0.39, 0.29) is 17.4 Å². The summed E-state index contributed by atoms with van der Waals surface area (Å²) in [6.45, 7) is 6.89. The number of likely N-dealkylation sites (tertiary alicyclic amines) is 1. The Bertz CT molecular complexity index is 387. The Balaban J connectivity index is 1.93. The Hall–Kier alpha value is -1.26. The quantitative estimate of drug-likeness (QED) is 0.794. The Morgan fingerprint density at radius 1 is 1.32 bits per heavy atom. The molecule has 5 nitrogen and oxygen atoms in total. The summed E-state index contributed by atoms with van der Waals surface area (Å²) in [6, 6.07) is 0. The van der Waals surface area contributed by atoms with Crippen molar-refractivity contribution in [3.63, 3.8) is 0 Å². The summed E-state index contributed by atoms with van der Waals surface area (Å²) < 4.78 is 5.37. The van der Waals surface area contributed by atoms with Crippen LogP contribution in [-0.2, 0) is 9.53 Å². The molecule has 1 aliphatic carbocycles. The minimum absolute atomic E-state index is 0.0139. The smallest absolute Gasteiger partial charge is 0.410 e. The third-order valence-electron chi connectivity index (χ3n) is 4.14. The largest absolute Gasteiger partial charge is 0.481 e. The van der Waals surface area contributed by atoms with E-state index in [0.29, 0.717) is 19.5 Å². The number of aliphatic carboxylic acids is 1. The second-order valence-electron chi connectivity index (χ2n) is 6.93. The van der Waals surface area contributed by atoms with E-state index in [1.807, 2.05) is 20.8 Å². The molecule has 108 valence electrons. The first-order valence-electron chi connectivity index (χ1n) is 6.92. The summed E-state index contributed by atoms with van der Waals surface area (Å²) in [5.74, 6) is -0.939. The van der Waals surface area contributed by atoms with Crippen LogP contribution in [0.1, 0.15) is 46.5 Å². The van der Waals surface area contributed by atoms with Crippen molar-refractivity contribution in [3.05, 3.63) is 0 Å². The zero-order chi connectivity index (χ0) is 14.3. The maximum absolute atomic E-state index is 12.0. The fourth-order valence-electron chi connectivity index (χ4n) is 3.21. The molecule has 2 fully saturated rings. The molecule has 1 saturated heterocycles. The number of hydrogen-bond acceptors (Lipinski definition) is 3. The number of nitrogens with zero attached hydrogens (tertiary/aromatic N) is 1. The molecule has 0 unspecified atom stereocenters. The van der Waals surface area contributed by atoms with Crippen LogP contribution >= 0.6 is 0 Å². The highest BCUT2D eigenvalue weighted by molar-refractivity contribution is 5.71. The molecule has 0 radical (unpaired) electrons. The van der Waals surface area contributed by atoms with Crippen LogP contribution in [0.2, 0.25) is 0 Å². The van der Waals surface area contributed by atoms with E-state index in [4.69, 9.17) is 9.84 Å². The molecule has 2 atom stereocenters. The Labute approximate surface area is 113 Å². The number of carboxylic acid groups (broad SMARTS) is 1. The molecule has 0 aromatic rings. The van der Waals surface area contributed by atoms with E-state index >= 15 is 0 Å². The van der Waals surface area contributed by atoms with Gasteiger partial charge in [0, 0.05) is 13.1 Å². The van der Waals surface area contributed by atoms with Crippen LogP contribution in [0.4, 0.5) is 4.79 Å². The van der Waals surface area contributed by atoms with Crippen LogP contribution in [0.25, 0.3) is 0 Å². The minimum Gasteiger partial charge on any atom is -0.481 e. The Morgan fingerprint density at radius 3 is 2.53 bits per heavy atom. The SMILES string of the molecule is CC(C)(C)OC(=O)N1CC[C@]2(CC[C@H](C(=O)O)C2)C1. The maximum atomic E-state index is 12.0. The van der Waals surface area contributed by atoms with Crippen molar-refractivity contribution in [1.29, 1.82) is 0 Å². The third-order valence-corrected chi connectivity index (χ3v) is 4.14. The molecule has 1 saturated carbocycles. The van der Waals surface area contributed by atoms with E-state index in [1.54, 1.807) is 4.90 Å². The number of amides is 1. The van der Waals surface area contributed by atoms with E-state index in [2.05, 4.69) is 0 Å². The first kappa shape index (κ1) is 14.2. The van der Waals surface area contributed by atoms with Gasteiger partial charge in [-0.25, -0.2) is 4.79 Å². The van der Waals surface area contributed by atoms with Crippen molar-refractivity contribution >= 4 is 12.1 Å². The first-order chi connectivity index (χ1) is 8.71. The van der Waals surface area contributed by atoms with Crippen molar-refractivity contribution in [2.75, 3.05) is 13.1 Å². The zero-order valence-corrected chi connectivity index (χ0v) is 11.9. The molecule has 1 aliphatic heterocycles. The second-order valence-corrected chi connectivity index (χ2v) is 6.93. The highest BCUT2D eigenvalue weighted by atomic mass is 16.6. The van der Waals surface area contributed by atoms with Crippen LogP contribution in [-0.4, -0.2) is 40.8 Å². The van der Waals surface area contributed by atoms with Gasteiger partial charge in [0.05, 0.1) is 5.92 Å². The molecule has 19 heavy (non-hydrogen) atoms. The number of rotatable bonds is 1. The topological polar surface area (TPSA) is 66.8 Å². The monoisotopic (exact) mass is 269 g/mol. The number of hydrogen-bond donors (Lipinski definition) is 1. The van der Waals surface area contributed by atoms with Gasteiger partial charge in [-0.1, -0.05) is 0 Å². The molecular formula is C14H23NO4. The molecule has 1 N–H and O–H groups in total. The lowest BCUT2D eigenvalue weighted by Crippen LogP contribution is -2.36. The highest BCUT2D eigenvalue weighted by Gasteiger charge is 2.47. The fraction of sp³-hybridized carbons (Fsp3) is 0.857. The lowest BCUT2D eigenvalue weighted by atomic mass is 9.84. The molecule has 1 spiro atoms. The average Bonchev–Trinajstić information content (AvgIpc) is 2.85. The summed E-state index contributed by atoms with van der Waals surface area (Å²) in [7, 11) is 0. The molecule has 2 rings (SSSR count).